The van der Waals surface area contributed by atoms with E-state index in [1.54, 1.807) is 30.5 Å². The predicted octanol–water partition coefficient (Wildman–Crippen LogP) is 3.43. The van der Waals surface area contributed by atoms with Crippen LogP contribution in [-0.2, 0) is 6.54 Å². The van der Waals surface area contributed by atoms with Crippen LogP contribution in [0.5, 0.6) is 0 Å². The highest BCUT2D eigenvalue weighted by Crippen LogP contribution is 2.10. The number of rotatable bonds is 7. The zero-order chi connectivity index (χ0) is 19.9. The van der Waals surface area contributed by atoms with Crippen LogP contribution in [0.1, 0.15) is 36.2 Å². The Hall–Kier alpha value is -3.35. The number of fused-ring (bicyclic) bond motifs is 1. The van der Waals surface area contributed by atoms with E-state index in [1.165, 1.54) is 0 Å². The first kappa shape index (κ1) is 19.4. The van der Waals surface area contributed by atoms with Crippen molar-refractivity contribution in [1.29, 1.82) is 0 Å². The van der Waals surface area contributed by atoms with Gasteiger partial charge in [0, 0.05) is 42.9 Å². The third-order valence-corrected chi connectivity index (χ3v) is 4.32. The molecule has 28 heavy (non-hydrogen) atoms. The van der Waals surface area contributed by atoms with Crippen LogP contribution in [0.15, 0.2) is 55.0 Å². The van der Waals surface area contributed by atoms with Crippen molar-refractivity contribution in [2.24, 2.45) is 5.92 Å². The van der Waals surface area contributed by atoms with Gasteiger partial charge in [-0.15, -0.1) is 0 Å². The second-order valence-electron chi connectivity index (χ2n) is 7.05. The van der Waals surface area contributed by atoms with E-state index >= 15 is 0 Å². The SMILES string of the molecule is CC(C)CCNC(=O)c1ccc(NC(=O)NCc2ccc3nccn3c2)cc1. The molecular formula is C21H25N5O2. The molecule has 2 aromatic heterocycles. The molecule has 0 fully saturated rings. The Morgan fingerprint density at radius 1 is 1.07 bits per heavy atom. The summed E-state index contributed by atoms with van der Waals surface area (Å²) in [5.41, 5.74) is 3.03. The highest BCUT2D eigenvalue weighted by Gasteiger charge is 2.07. The Morgan fingerprint density at radius 3 is 2.61 bits per heavy atom. The van der Waals surface area contributed by atoms with Crippen LogP contribution in [0, 0.1) is 5.92 Å². The Bertz CT molecular complexity index is 947. The maximum atomic E-state index is 12.1. The maximum absolute atomic E-state index is 12.1. The summed E-state index contributed by atoms with van der Waals surface area (Å²) in [4.78, 5) is 28.4. The number of hydrogen-bond acceptors (Lipinski definition) is 3. The molecule has 7 nitrogen and oxygen atoms in total. The molecule has 0 spiro atoms. The molecule has 1 aromatic carbocycles. The van der Waals surface area contributed by atoms with Gasteiger partial charge in [0.15, 0.2) is 0 Å². The lowest BCUT2D eigenvalue weighted by Gasteiger charge is -2.10. The predicted molar refractivity (Wildman–Crippen MR) is 109 cm³/mol. The topological polar surface area (TPSA) is 87.5 Å². The summed E-state index contributed by atoms with van der Waals surface area (Å²) < 4.78 is 1.90. The number of amides is 3. The van der Waals surface area contributed by atoms with E-state index in [4.69, 9.17) is 0 Å². The molecule has 0 aliphatic carbocycles. The van der Waals surface area contributed by atoms with Gasteiger partial charge < -0.3 is 20.4 Å². The summed E-state index contributed by atoms with van der Waals surface area (Å²) in [6, 6.07) is 10.4. The molecule has 0 aliphatic rings. The molecule has 2 heterocycles. The molecule has 3 N–H and O–H groups in total. The highest BCUT2D eigenvalue weighted by molar-refractivity contribution is 5.95. The highest BCUT2D eigenvalue weighted by atomic mass is 16.2. The molecule has 0 radical (unpaired) electrons. The van der Waals surface area contributed by atoms with E-state index in [9.17, 15) is 9.59 Å². The second-order valence-corrected chi connectivity index (χ2v) is 7.05. The van der Waals surface area contributed by atoms with Crippen LogP contribution in [0.4, 0.5) is 10.5 Å². The number of hydrogen-bond donors (Lipinski definition) is 3. The molecule has 7 heteroatoms. The first-order valence-electron chi connectivity index (χ1n) is 9.36. The number of imidazole rings is 1. The molecule has 3 aromatic rings. The van der Waals surface area contributed by atoms with Gasteiger partial charge in [0.2, 0.25) is 0 Å². The normalized spacial score (nSPS) is 10.8. The fourth-order valence-electron chi connectivity index (χ4n) is 2.71. The third kappa shape index (κ3) is 5.33. The molecule has 0 atom stereocenters. The molecule has 0 bridgehead atoms. The lowest BCUT2D eigenvalue weighted by atomic mass is 10.1. The van der Waals surface area contributed by atoms with Gasteiger partial charge in [0.05, 0.1) is 0 Å². The van der Waals surface area contributed by atoms with Crippen LogP contribution in [0.25, 0.3) is 5.65 Å². The summed E-state index contributed by atoms with van der Waals surface area (Å²) in [6.07, 6.45) is 6.46. The smallest absolute Gasteiger partial charge is 0.319 e. The van der Waals surface area contributed by atoms with Crippen molar-refractivity contribution in [2.45, 2.75) is 26.8 Å². The molecule has 0 saturated carbocycles. The molecule has 0 unspecified atom stereocenters. The molecule has 0 saturated heterocycles. The Balaban J connectivity index is 1.47. The lowest BCUT2D eigenvalue weighted by molar-refractivity contribution is 0.0952. The quantitative estimate of drug-likeness (QED) is 0.588. The number of pyridine rings is 1. The van der Waals surface area contributed by atoms with Crippen molar-refractivity contribution < 1.29 is 9.59 Å². The van der Waals surface area contributed by atoms with Crippen LogP contribution in [0.2, 0.25) is 0 Å². The maximum Gasteiger partial charge on any atom is 0.319 e. The number of aromatic nitrogens is 2. The van der Waals surface area contributed by atoms with Crippen LogP contribution >= 0.6 is 0 Å². The van der Waals surface area contributed by atoms with Gasteiger partial charge in [-0.3, -0.25) is 4.79 Å². The molecule has 3 amide bonds. The number of benzene rings is 1. The van der Waals surface area contributed by atoms with Crippen molar-refractivity contribution in [2.75, 3.05) is 11.9 Å². The van der Waals surface area contributed by atoms with Gasteiger partial charge in [-0.05, 0) is 48.2 Å². The van der Waals surface area contributed by atoms with E-state index < -0.39 is 0 Å². The Kier molecular flexibility index (Phi) is 6.26. The summed E-state index contributed by atoms with van der Waals surface area (Å²) in [6.45, 7) is 5.29. The summed E-state index contributed by atoms with van der Waals surface area (Å²) in [5.74, 6) is 0.443. The fourth-order valence-corrected chi connectivity index (χ4v) is 2.71. The number of urea groups is 1. The monoisotopic (exact) mass is 379 g/mol. The van der Waals surface area contributed by atoms with Crippen molar-refractivity contribution in [3.63, 3.8) is 0 Å². The van der Waals surface area contributed by atoms with Gasteiger partial charge in [0.1, 0.15) is 5.65 Å². The van der Waals surface area contributed by atoms with Gasteiger partial charge in [-0.1, -0.05) is 19.9 Å². The number of nitrogens with zero attached hydrogens (tertiary/aromatic N) is 2. The van der Waals surface area contributed by atoms with Crippen molar-refractivity contribution in [3.8, 4) is 0 Å². The first-order valence-corrected chi connectivity index (χ1v) is 9.36. The van der Waals surface area contributed by atoms with E-state index in [0.717, 1.165) is 17.6 Å². The summed E-state index contributed by atoms with van der Waals surface area (Å²) >= 11 is 0. The van der Waals surface area contributed by atoms with Gasteiger partial charge in [-0.25, -0.2) is 9.78 Å². The van der Waals surface area contributed by atoms with E-state index in [-0.39, 0.29) is 11.9 Å². The Morgan fingerprint density at radius 2 is 1.86 bits per heavy atom. The third-order valence-electron chi connectivity index (χ3n) is 4.32. The summed E-state index contributed by atoms with van der Waals surface area (Å²) in [7, 11) is 0. The summed E-state index contributed by atoms with van der Waals surface area (Å²) in [5, 5.41) is 8.48. The first-order chi connectivity index (χ1) is 13.5. The van der Waals surface area contributed by atoms with Gasteiger partial charge in [0.25, 0.3) is 5.91 Å². The van der Waals surface area contributed by atoms with Crippen molar-refractivity contribution in [1.82, 2.24) is 20.0 Å². The van der Waals surface area contributed by atoms with Crippen LogP contribution in [-0.4, -0.2) is 27.9 Å². The largest absolute Gasteiger partial charge is 0.352 e. The van der Waals surface area contributed by atoms with Crippen molar-refractivity contribution >= 4 is 23.3 Å². The van der Waals surface area contributed by atoms with Crippen molar-refractivity contribution in [3.05, 3.63) is 66.1 Å². The zero-order valence-corrected chi connectivity index (χ0v) is 16.1. The fraction of sp³-hybridized carbons (Fsp3) is 0.286. The second kappa shape index (κ2) is 9.03. The van der Waals surface area contributed by atoms with Gasteiger partial charge >= 0.3 is 6.03 Å². The number of anilines is 1. The lowest BCUT2D eigenvalue weighted by Crippen LogP contribution is -2.28. The number of nitrogens with one attached hydrogen (secondary N) is 3. The molecular weight excluding hydrogens is 354 g/mol. The minimum absolute atomic E-state index is 0.105. The number of carbonyl (C=O) groups is 2. The molecule has 146 valence electrons. The average molecular weight is 379 g/mol. The molecule has 0 aliphatic heterocycles. The minimum Gasteiger partial charge on any atom is -0.352 e. The van der Waals surface area contributed by atoms with E-state index in [1.807, 2.05) is 28.9 Å². The zero-order valence-electron chi connectivity index (χ0n) is 16.1. The number of carbonyl (C=O) groups excluding carboxylic acids is 2. The Labute approximate surface area is 164 Å². The van der Waals surface area contributed by atoms with Gasteiger partial charge in [-0.2, -0.15) is 0 Å². The van der Waals surface area contributed by atoms with Crippen LogP contribution in [0.3, 0.4) is 0 Å². The molecule has 3 rings (SSSR count). The van der Waals surface area contributed by atoms with E-state index in [2.05, 4.69) is 34.8 Å². The van der Waals surface area contributed by atoms with E-state index in [0.29, 0.717) is 30.3 Å². The van der Waals surface area contributed by atoms with Crippen LogP contribution < -0.4 is 16.0 Å². The average Bonchev–Trinajstić information content (AvgIpc) is 3.14. The minimum atomic E-state index is -0.306. The standard InChI is InChI=1S/C21H25N5O2/c1-15(2)9-10-23-20(27)17-4-6-18(7-5-17)25-21(28)24-13-16-3-8-19-22-11-12-26(19)14-16/h3-8,11-12,14-15H,9-10,13H2,1-2H3,(H,23,27)(H2,24,25,28).